The molecule has 3 heterocycles. The van der Waals surface area contributed by atoms with Crippen molar-refractivity contribution in [3.63, 3.8) is 0 Å². The van der Waals surface area contributed by atoms with Crippen LogP contribution >= 0.6 is 11.3 Å². The van der Waals surface area contributed by atoms with Crippen molar-refractivity contribution in [1.82, 2.24) is 19.7 Å². The summed E-state index contributed by atoms with van der Waals surface area (Å²) in [5, 5.41) is 8.53. The molecule has 0 atom stereocenters. The molecule has 8 heteroatoms. The van der Waals surface area contributed by atoms with E-state index in [1.165, 1.54) is 4.68 Å². The van der Waals surface area contributed by atoms with E-state index in [1.807, 2.05) is 36.3 Å². The molecule has 1 amide bonds. The zero-order valence-corrected chi connectivity index (χ0v) is 16.1. The standard InChI is InChI=1S/C19H21N5O2S/c1-13(2)24-17(25)15-6-4-3-5-14(15)16(21-24)18(26)22-8-10-23(11-9-22)19-20-7-12-27-19/h3-7,12-13H,8-11H2,1-2H3. The Morgan fingerprint density at radius 1 is 1.11 bits per heavy atom. The van der Waals surface area contributed by atoms with Crippen molar-refractivity contribution in [2.75, 3.05) is 31.1 Å². The van der Waals surface area contributed by atoms with E-state index >= 15 is 0 Å². The fraction of sp³-hybridized carbons (Fsp3) is 0.368. The summed E-state index contributed by atoms with van der Waals surface area (Å²) in [4.78, 5) is 34.2. The van der Waals surface area contributed by atoms with Crippen LogP contribution in [0.4, 0.5) is 5.13 Å². The third-order valence-corrected chi connectivity index (χ3v) is 5.61. The Labute approximate surface area is 160 Å². The average Bonchev–Trinajstić information content (AvgIpc) is 3.23. The Morgan fingerprint density at radius 2 is 1.81 bits per heavy atom. The lowest BCUT2D eigenvalue weighted by atomic mass is 10.1. The van der Waals surface area contributed by atoms with Crippen molar-refractivity contribution in [2.24, 2.45) is 0 Å². The molecule has 0 spiro atoms. The van der Waals surface area contributed by atoms with Crippen molar-refractivity contribution in [2.45, 2.75) is 19.9 Å². The molecular weight excluding hydrogens is 362 g/mol. The summed E-state index contributed by atoms with van der Waals surface area (Å²) in [5.41, 5.74) is 0.187. The number of hydrogen-bond acceptors (Lipinski definition) is 6. The highest BCUT2D eigenvalue weighted by Crippen LogP contribution is 2.21. The number of carbonyl (C=O) groups is 1. The minimum Gasteiger partial charge on any atom is -0.345 e. The maximum atomic E-state index is 13.2. The molecule has 3 aromatic rings. The van der Waals surface area contributed by atoms with E-state index in [0.717, 1.165) is 18.2 Å². The number of piperazine rings is 1. The van der Waals surface area contributed by atoms with E-state index in [2.05, 4.69) is 15.0 Å². The van der Waals surface area contributed by atoms with Crippen LogP contribution in [0.3, 0.4) is 0 Å². The van der Waals surface area contributed by atoms with E-state index in [-0.39, 0.29) is 17.5 Å². The lowest BCUT2D eigenvalue weighted by Gasteiger charge is -2.34. The van der Waals surface area contributed by atoms with Gasteiger partial charge in [-0.1, -0.05) is 18.2 Å². The lowest BCUT2D eigenvalue weighted by molar-refractivity contribution is 0.0740. The number of thiazole rings is 1. The summed E-state index contributed by atoms with van der Waals surface area (Å²) in [6.45, 7) is 6.47. The zero-order valence-electron chi connectivity index (χ0n) is 15.3. The fourth-order valence-corrected chi connectivity index (χ4v) is 4.03. The van der Waals surface area contributed by atoms with E-state index in [0.29, 0.717) is 29.6 Å². The first kappa shape index (κ1) is 17.7. The fourth-order valence-electron chi connectivity index (χ4n) is 3.34. The second kappa shape index (κ2) is 7.11. The van der Waals surface area contributed by atoms with Gasteiger partial charge < -0.3 is 9.80 Å². The van der Waals surface area contributed by atoms with Crippen molar-refractivity contribution in [1.29, 1.82) is 0 Å². The van der Waals surface area contributed by atoms with Gasteiger partial charge in [0, 0.05) is 43.1 Å². The van der Waals surface area contributed by atoms with Crippen LogP contribution < -0.4 is 10.5 Å². The second-order valence-electron chi connectivity index (χ2n) is 6.83. The van der Waals surface area contributed by atoms with Gasteiger partial charge >= 0.3 is 0 Å². The Hall–Kier alpha value is -2.74. The summed E-state index contributed by atoms with van der Waals surface area (Å²) in [6, 6.07) is 7.09. The maximum absolute atomic E-state index is 13.2. The van der Waals surface area contributed by atoms with Crippen LogP contribution in [0.15, 0.2) is 40.6 Å². The number of nitrogens with zero attached hydrogens (tertiary/aromatic N) is 5. The molecule has 0 N–H and O–H groups in total. The first-order valence-electron chi connectivity index (χ1n) is 9.01. The molecule has 1 aliphatic heterocycles. The van der Waals surface area contributed by atoms with Crippen molar-refractivity contribution >= 4 is 33.1 Å². The highest BCUT2D eigenvalue weighted by molar-refractivity contribution is 7.13. The topological polar surface area (TPSA) is 71.3 Å². The summed E-state index contributed by atoms with van der Waals surface area (Å²) in [5.74, 6) is -0.126. The monoisotopic (exact) mass is 383 g/mol. The normalized spacial score (nSPS) is 14.9. The molecular formula is C19H21N5O2S. The Morgan fingerprint density at radius 3 is 2.44 bits per heavy atom. The molecule has 2 aromatic heterocycles. The first-order valence-corrected chi connectivity index (χ1v) is 9.89. The predicted octanol–water partition coefficient (Wildman–Crippen LogP) is 2.40. The Bertz CT molecular complexity index is 1020. The largest absolute Gasteiger partial charge is 0.345 e. The first-order chi connectivity index (χ1) is 13.1. The van der Waals surface area contributed by atoms with Crippen molar-refractivity contribution in [3.8, 4) is 0 Å². The highest BCUT2D eigenvalue weighted by atomic mass is 32.1. The van der Waals surface area contributed by atoms with Crippen LogP contribution in [0, 0.1) is 0 Å². The van der Waals surface area contributed by atoms with Crippen LogP contribution in [0.2, 0.25) is 0 Å². The average molecular weight is 383 g/mol. The van der Waals surface area contributed by atoms with Gasteiger partial charge in [0.15, 0.2) is 10.8 Å². The molecule has 1 aromatic carbocycles. The molecule has 1 fully saturated rings. The van der Waals surface area contributed by atoms with E-state index in [9.17, 15) is 9.59 Å². The van der Waals surface area contributed by atoms with Gasteiger partial charge in [-0.15, -0.1) is 11.3 Å². The lowest BCUT2D eigenvalue weighted by Crippen LogP contribution is -2.49. The Kier molecular flexibility index (Phi) is 4.65. The number of anilines is 1. The van der Waals surface area contributed by atoms with Gasteiger partial charge in [0.25, 0.3) is 11.5 Å². The second-order valence-corrected chi connectivity index (χ2v) is 7.70. The van der Waals surface area contributed by atoms with Gasteiger partial charge in [0.2, 0.25) is 0 Å². The van der Waals surface area contributed by atoms with Crippen LogP contribution in [-0.4, -0.2) is 51.8 Å². The number of hydrogen-bond donors (Lipinski definition) is 0. The molecule has 0 aliphatic carbocycles. The molecule has 0 radical (unpaired) electrons. The number of rotatable bonds is 3. The van der Waals surface area contributed by atoms with E-state index in [4.69, 9.17) is 0 Å². The minimum atomic E-state index is -0.161. The van der Waals surface area contributed by atoms with Gasteiger partial charge in [-0.2, -0.15) is 5.10 Å². The van der Waals surface area contributed by atoms with Crippen LogP contribution in [0.5, 0.6) is 0 Å². The molecule has 0 unspecified atom stereocenters. The van der Waals surface area contributed by atoms with Crippen LogP contribution in [0.1, 0.15) is 30.4 Å². The van der Waals surface area contributed by atoms with Crippen LogP contribution in [-0.2, 0) is 0 Å². The summed E-state index contributed by atoms with van der Waals surface area (Å²) in [7, 11) is 0. The van der Waals surface area contributed by atoms with Gasteiger partial charge in [-0.3, -0.25) is 9.59 Å². The van der Waals surface area contributed by atoms with Gasteiger partial charge in [-0.05, 0) is 19.9 Å². The number of benzene rings is 1. The quantitative estimate of drug-likeness (QED) is 0.695. The molecule has 27 heavy (non-hydrogen) atoms. The van der Waals surface area contributed by atoms with Crippen molar-refractivity contribution in [3.05, 3.63) is 51.9 Å². The number of carbonyl (C=O) groups excluding carboxylic acids is 1. The highest BCUT2D eigenvalue weighted by Gasteiger charge is 2.26. The van der Waals surface area contributed by atoms with Gasteiger partial charge in [0.1, 0.15) is 0 Å². The molecule has 1 aliphatic rings. The Balaban J connectivity index is 1.65. The van der Waals surface area contributed by atoms with E-state index < -0.39 is 0 Å². The van der Waals surface area contributed by atoms with Gasteiger partial charge in [-0.25, -0.2) is 9.67 Å². The SMILES string of the molecule is CC(C)n1nc(C(=O)N2CCN(c3nccs3)CC2)c2ccccc2c1=O. The third kappa shape index (κ3) is 3.21. The molecule has 0 saturated carbocycles. The number of fused-ring (bicyclic) bond motifs is 1. The molecule has 4 rings (SSSR count). The number of aromatic nitrogens is 3. The number of amides is 1. The molecule has 7 nitrogen and oxygen atoms in total. The van der Waals surface area contributed by atoms with Crippen molar-refractivity contribution < 1.29 is 4.79 Å². The molecule has 0 bridgehead atoms. The summed E-state index contributed by atoms with van der Waals surface area (Å²) < 4.78 is 1.40. The van der Waals surface area contributed by atoms with Gasteiger partial charge in [0.05, 0.1) is 11.4 Å². The smallest absolute Gasteiger partial charge is 0.275 e. The molecule has 1 saturated heterocycles. The zero-order chi connectivity index (χ0) is 19.0. The van der Waals surface area contributed by atoms with E-state index in [1.54, 1.807) is 29.7 Å². The summed E-state index contributed by atoms with van der Waals surface area (Å²) >= 11 is 1.61. The maximum Gasteiger partial charge on any atom is 0.275 e. The summed E-state index contributed by atoms with van der Waals surface area (Å²) in [6.07, 6.45) is 1.79. The predicted molar refractivity (Wildman–Crippen MR) is 107 cm³/mol. The third-order valence-electron chi connectivity index (χ3n) is 4.78. The minimum absolute atomic E-state index is 0.115. The molecule has 140 valence electrons. The van der Waals surface area contributed by atoms with Crippen LogP contribution in [0.25, 0.3) is 10.8 Å².